The highest BCUT2D eigenvalue weighted by Gasteiger charge is 2.05. The predicted molar refractivity (Wildman–Crippen MR) is 80.5 cm³/mol. The van der Waals surface area contributed by atoms with Gasteiger partial charge in [0, 0.05) is 6.04 Å². The van der Waals surface area contributed by atoms with Crippen molar-refractivity contribution in [1.82, 2.24) is 5.32 Å². The lowest BCUT2D eigenvalue weighted by Crippen LogP contribution is -2.12. The average molecular weight is 255 g/mol. The van der Waals surface area contributed by atoms with E-state index in [1.165, 1.54) is 16.7 Å². The third-order valence-electron chi connectivity index (χ3n) is 3.30. The smallest absolute Gasteiger partial charge is 0.119 e. The highest BCUT2D eigenvalue weighted by Crippen LogP contribution is 2.26. The van der Waals surface area contributed by atoms with Crippen molar-refractivity contribution in [1.29, 1.82) is 0 Å². The van der Waals surface area contributed by atoms with Crippen LogP contribution in [0.1, 0.15) is 25.5 Å². The summed E-state index contributed by atoms with van der Waals surface area (Å²) in [4.78, 5) is 0. The first-order chi connectivity index (χ1) is 9.24. The highest BCUT2D eigenvalue weighted by molar-refractivity contribution is 5.65. The average Bonchev–Trinajstić information content (AvgIpc) is 2.47. The van der Waals surface area contributed by atoms with Crippen LogP contribution in [0, 0.1) is 0 Å². The first-order valence-electron chi connectivity index (χ1n) is 6.75. The van der Waals surface area contributed by atoms with Crippen molar-refractivity contribution in [2.24, 2.45) is 0 Å². The fourth-order valence-corrected chi connectivity index (χ4v) is 2.09. The molecule has 19 heavy (non-hydrogen) atoms. The van der Waals surface area contributed by atoms with Gasteiger partial charge in [-0.15, -0.1) is 0 Å². The fourth-order valence-electron chi connectivity index (χ4n) is 2.09. The molecule has 0 aromatic heterocycles. The van der Waals surface area contributed by atoms with Crippen LogP contribution in [0.4, 0.5) is 0 Å². The van der Waals surface area contributed by atoms with Crippen LogP contribution in [0.25, 0.3) is 11.1 Å². The van der Waals surface area contributed by atoms with Gasteiger partial charge >= 0.3 is 0 Å². The van der Waals surface area contributed by atoms with Gasteiger partial charge in [0.2, 0.25) is 0 Å². The Morgan fingerprint density at radius 3 is 2.42 bits per heavy atom. The molecule has 1 atom stereocenters. The van der Waals surface area contributed by atoms with Crippen LogP contribution < -0.4 is 10.1 Å². The second-order valence-electron chi connectivity index (χ2n) is 4.60. The minimum absolute atomic E-state index is 0.357. The van der Waals surface area contributed by atoms with Gasteiger partial charge in [0.05, 0.1) is 6.61 Å². The maximum absolute atomic E-state index is 5.55. The lowest BCUT2D eigenvalue weighted by atomic mass is 10.00. The van der Waals surface area contributed by atoms with Gasteiger partial charge in [0.15, 0.2) is 0 Å². The van der Waals surface area contributed by atoms with E-state index in [1.807, 2.05) is 26.1 Å². The number of benzene rings is 2. The molecule has 2 aromatic carbocycles. The van der Waals surface area contributed by atoms with Crippen molar-refractivity contribution in [3.05, 3.63) is 54.1 Å². The van der Waals surface area contributed by atoms with Crippen molar-refractivity contribution in [2.75, 3.05) is 13.7 Å². The van der Waals surface area contributed by atoms with E-state index >= 15 is 0 Å². The van der Waals surface area contributed by atoms with E-state index in [0.717, 1.165) is 5.75 Å². The van der Waals surface area contributed by atoms with Gasteiger partial charge in [-0.2, -0.15) is 0 Å². The van der Waals surface area contributed by atoms with Crippen molar-refractivity contribution in [2.45, 2.75) is 19.9 Å². The fraction of sp³-hybridized carbons (Fsp3) is 0.294. The maximum Gasteiger partial charge on any atom is 0.119 e. The van der Waals surface area contributed by atoms with Gasteiger partial charge in [0.1, 0.15) is 5.75 Å². The summed E-state index contributed by atoms with van der Waals surface area (Å²) in [5.74, 6) is 0.923. The van der Waals surface area contributed by atoms with E-state index in [2.05, 4.69) is 48.6 Å². The molecule has 100 valence electrons. The maximum atomic E-state index is 5.55. The predicted octanol–water partition coefficient (Wildman–Crippen LogP) is 4.03. The van der Waals surface area contributed by atoms with E-state index in [1.54, 1.807) is 0 Å². The van der Waals surface area contributed by atoms with Gasteiger partial charge in [-0.1, -0.05) is 30.3 Å². The Morgan fingerprint density at radius 2 is 1.74 bits per heavy atom. The molecule has 2 nitrogen and oxygen atoms in total. The van der Waals surface area contributed by atoms with Crippen LogP contribution >= 0.6 is 0 Å². The number of hydrogen-bond acceptors (Lipinski definition) is 2. The van der Waals surface area contributed by atoms with E-state index in [-0.39, 0.29) is 0 Å². The van der Waals surface area contributed by atoms with Crippen LogP contribution in [0.2, 0.25) is 0 Å². The minimum atomic E-state index is 0.357. The normalized spacial score (nSPS) is 12.2. The summed E-state index contributed by atoms with van der Waals surface area (Å²) in [7, 11) is 1.98. The quantitative estimate of drug-likeness (QED) is 0.871. The first-order valence-corrected chi connectivity index (χ1v) is 6.75. The van der Waals surface area contributed by atoms with Crippen LogP contribution in [0.3, 0.4) is 0 Å². The Labute approximate surface area is 115 Å². The highest BCUT2D eigenvalue weighted by atomic mass is 16.5. The summed E-state index contributed by atoms with van der Waals surface area (Å²) in [5, 5.41) is 3.27. The van der Waals surface area contributed by atoms with E-state index in [9.17, 15) is 0 Å². The Hall–Kier alpha value is -1.80. The Morgan fingerprint density at radius 1 is 1.05 bits per heavy atom. The first kappa shape index (κ1) is 13.6. The molecule has 0 saturated carbocycles. The van der Waals surface area contributed by atoms with Gasteiger partial charge in [-0.3, -0.25) is 0 Å². The summed E-state index contributed by atoms with van der Waals surface area (Å²) in [5.41, 5.74) is 3.71. The monoisotopic (exact) mass is 255 g/mol. The molecule has 2 heteroatoms. The van der Waals surface area contributed by atoms with Crippen LogP contribution in [0.5, 0.6) is 5.75 Å². The molecular formula is C17H21NO. The Bertz CT molecular complexity index is 536. The van der Waals surface area contributed by atoms with Gasteiger partial charge in [-0.05, 0) is 55.8 Å². The van der Waals surface area contributed by atoms with Crippen molar-refractivity contribution < 1.29 is 4.74 Å². The Balaban J connectivity index is 2.33. The number of ether oxygens (including phenoxy) is 1. The zero-order chi connectivity index (χ0) is 13.7. The molecule has 0 fully saturated rings. The molecule has 0 aliphatic carbocycles. The van der Waals surface area contributed by atoms with E-state index < -0.39 is 0 Å². The van der Waals surface area contributed by atoms with Gasteiger partial charge in [-0.25, -0.2) is 0 Å². The van der Waals surface area contributed by atoms with Crippen molar-refractivity contribution >= 4 is 0 Å². The molecule has 1 unspecified atom stereocenters. The summed E-state index contributed by atoms with van der Waals surface area (Å²) in [6.45, 7) is 4.86. The molecule has 0 aliphatic heterocycles. The van der Waals surface area contributed by atoms with E-state index in [0.29, 0.717) is 12.6 Å². The lowest BCUT2D eigenvalue weighted by molar-refractivity contribution is 0.340. The summed E-state index contributed by atoms with van der Waals surface area (Å²) in [6.07, 6.45) is 0. The summed E-state index contributed by atoms with van der Waals surface area (Å²) >= 11 is 0. The largest absolute Gasteiger partial charge is 0.494 e. The third kappa shape index (κ3) is 3.36. The summed E-state index contributed by atoms with van der Waals surface area (Å²) in [6, 6.07) is 17.2. The molecular weight excluding hydrogens is 234 g/mol. The molecule has 0 radical (unpaired) electrons. The zero-order valence-electron chi connectivity index (χ0n) is 11.8. The molecule has 0 spiro atoms. The van der Waals surface area contributed by atoms with Crippen LogP contribution in [-0.4, -0.2) is 13.7 Å². The minimum Gasteiger partial charge on any atom is -0.494 e. The number of hydrogen-bond donors (Lipinski definition) is 1. The summed E-state index contributed by atoms with van der Waals surface area (Å²) < 4.78 is 5.55. The molecule has 2 aromatic rings. The molecule has 0 bridgehead atoms. The van der Waals surface area contributed by atoms with Gasteiger partial charge < -0.3 is 10.1 Å². The third-order valence-corrected chi connectivity index (χ3v) is 3.30. The second kappa shape index (κ2) is 6.39. The van der Waals surface area contributed by atoms with Crippen molar-refractivity contribution in [3.8, 4) is 16.9 Å². The topological polar surface area (TPSA) is 21.3 Å². The molecule has 0 heterocycles. The molecule has 2 rings (SSSR count). The SMILES string of the molecule is CCOc1cccc(-c2cccc(C(C)NC)c2)c1. The van der Waals surface area contributed by atoms with Gasteiger partial charge in [0.25, 0.3) is 0 Å². The second-order valence-corrected chi connectivity index (χ2v) is 4.60. The molecule has 0 aliphatic rings. The van der Waals surface area contributed by atoms with Crippen LogP contribution in [0.15, 0.2) is 48.5 Å². The number of nitrogens with one attached hydrogen (secondary N) is 1. The molecule has 0 saturated heterocycles. The van der Waals surface area contributed by atoms with Crippen LogP contribution in [-0.2, 0) is 0 Å². The van der Waals surface area contributed by atoms with Crippen molar-refractivity contribution in [3.63, 3.8) is 0 Å². The Kier molecular flexibility index (Phi) is 4.58. The zero-order valence-corrected chi connectivity index (χ0v) is 11.8. The lowest BCUT2D eigenvalue weighted by Gasteiger charge is -2.12. The molecule has 0 amide bonds. The van der Waals surface area contributed by atoms with E-state index in [4.69, 9.17) is 4.74 Å². The number of rotatable bonds is 5. The standard InChI is InChI=1S/C17H21NO/c1-4-19-17-10-6-9-16(12-17)15-8-5-7-14(11-15)13(2)18-3/h5-13,18H,4H2,1-3H3. The molecule has 1 N–H and O–H groups in total.